The molecule has 136 valence electrons. The zero-order valence-corrected chi connectivity index (χ0v) is 15.6. The highest BCUT2D eigenvalue weighted by Gasteiger charge is 2.18. The zero-order valence-electron chi connectivity index (χ0n) is 15.6. The van der Waals surface area contributed by atoms with Gasteiger partial charge in [0.05, 0.1) is 6.61 Å². The van der Waals surface area contributed by atoms with Gasteiger partial charge in [0, 0.05) is 36.1 Å². The molecule has 0 bridgehead atoms. The number of nitrogens with zero attached hydrogens (tertiary/aromatic N) is 1. The van der Waals surface area contributed by atoms with Crippen LogP contribution in [0.4, 0.5) is 0 Å². The second kappa shape index (κ2) is 7.96. The van der Waals surface area contributed by atoms with Crippen LogP contribution in [-0.4, -0.2) is 24.3 Å². The number of nitrogens with one attached hydrogen (secondary N) is 1. The first-order chi connectivity index (χ1) is 12.9. The number of rotatable bonds is 6. The predicted octanol–water partition coefficient (Wildman–Crippen LogP) is 4.36. The molecule has 2 heterocycles. The molecule has 1 aliphatic rings. The molecule has 26 heavy (non-hydrogen) atoms. The number of para-hydroxylation sites is 1. The summed E-state index contributed by atoms with van der Waals surface area (Å²) in [6.45, 7) is 6.11. The standard InChI is InChI=1S/C23H28N2O/c1-2-18-7-5-8-19(17-18)26-16-6-15-25-22-10-4-3-9-20(22)21-11-13-24-14-12-23(21)25/h3-5,7-10,17,24H,2,6,11-16H2,1H3. The van der Waals surface area contributed by atoms with E-state index >= 15 is 0 Å². The maximum Gasteiger partial charge on any atom is 0.119 e. The number of ether oxygens (including phenoxy) is 1. The van der Waals surface area contributed by atoms with Gasteiger partial charge in [-0.25, -0.2) is 0 Å². The molecule has 0 spiro atoms. The van der Waals surface area contributed by atoms with E-state index in [-0.39, 0.29) is 0 Å². The molecule has 3 nitrogen and oxygen atoms in total. The van der Waals surface area contributed by atoms with Gasteiger partial charge in [0.15, 0.2) is 0 Å². The summed E-state index contributed by atoms with van der Waals surface area (Å²) in [6, 6.07) is 17.3. The molecule has 1 N–H and O–H groups in total. The summed E-state index contributed by atoms with van der Waals surface area (Å²) in [6.07, 6.45) is 4.31. The topological polar surface area (TPSA) is 26.2 Å². The fourth-order valence-electron chi connectivity index (χ4n) is 4.06. The van der Waals surface area contributed by atoms with Gasteiger partial charge in [-0.3, -0.25) is 0 Å². The van der Waals surface area contributed by atoms with Gasteiger partial charge in [0.25, 0.3) is 0 Å². The third-order valence-electron chi connectivity index (χ3n) is 5.39. The van der Waals surface area contributed by atoms with Gasteiger partial charge in [0.2, 0.25) is 0 Å². The Bertz CT molecular complexity index is 881. The SMILES string of the molecule is CCc1cccc(OCCCn2c3c(c4ccccc42)CCNCC3)c1. The van der Waals surface area contributed by atoms with Gasteiger partial charge in [0.1, 0.15) is 5.75 Å². The van der Waals surface area contributed by atoms with Crippen molar-refractivity contribution in [1.29, 1.82) is 0 Å². The maximum atomic E-state index is 6.00. The summed E-state index contributed by atoms with van der Waals surface area (Å²) < 4.78 is 8.53. The van der Waals surface area contributed by atoms with Crippen molar-refractivity contribution >= 4 is 10.9 Å². The van der Waals surface area contributed by atoms with Gasteiger partial charge in [-0.2, -0.15) is 0 Å². The molecule has 0 radical (unpaired) electrons. The molecule has 0 aliphatic carbocycles. The fraction of sp³-hybridized carbons (Fsp3) is 0.391. The Morgan fingerprint density at radius 3 is 2.85 bits per heavy atom. The number of aromatic nitrogens is 1. The Hall–Kier alpha value is -2.26. The Morgan fingerprint density at radius 2 is 1.92 bits per heavy atom. The monoisotopic (exact) mass is 348 g/mol. The van der Waals surface area contributed by atoms with Crippen molar-refractivity contribution in [3.8, 4) is 5.75 Å². The van der Waals surface area contributed by atoms with Crippen LogP contribution in [0.3, 0.4) is 0 Å². The van der Waals surface area contributed by atoms with E-state index < -0.39 is 0 Å². The van der Waals surface area contributed by atoms with E-state index in [1.165, 1.54) is 22.2 Å². The zero-order chi connectivity index (χ0) is 17.8. The molecule has 4 rings (SSSR count). The summed E-state index contributed by atoms with van der Waals surface area (Å²) in [5.74, 6) is 0.991. The van der Waals surface area contributed by atoms with Crippen LogP contribution in [-0.2, 0) is 25.8 Å². The second-order valence-electron chi connectivity index (χ2n) is 7.05. The third kappa shape index (κ3) is 3.49. The lowest BCUT2D eigenvalue weighted by Gasteiger charge is -2.12. The van der Waals surface area contributed by atoms with E-state index in [9.17, 15) is 0 Å². The van der Waals surface area contributed by atoms with Crippen LogP contribution in [0.5, 0.6) is 5.75 Å². The van der Waals surface area contributed by atoms with Crippen molar-refractivity contribution in [2.45, 2.75) is 39.2 Å². The van der Waals surface area contributed by atoms with Crippen LogP contribution in [0.25, 0.3) is 10.9 Å². The summed E-state index contributed by atoms with van der Waals surface area (Å²) in [5.41, 5.74) is 5.77. The lowest BCUT2D eigenvalue weighted by molar-refractivity contribution is 0.301. The van der Waals surface area contributed by atoms with Gasteiger partial charge < -0.3 is 14.6 Å². The molecule has 0 saturated carbocycles. The Labute approximate surface area is 156 Å². The average Bonchev–Trinajstić information content (AvgIpc) is 2.83. The van der Waals surface area contributed by atoms with Crippen LogP contribution in [0.2, 0.25) is 0 Å². The lowest BCUT2D eigenvalue weighted by atomic mass is 10.1. The molecular weight excluding hydrogens is 320 g/mol. The molecule has 2 aromatic carbocycles. The molecule has 1 aliphatic heterocycles. The summed E-state index contributed by atoms with van der Waals surface area (Å²) in [4.78, 5) is 0. The molecule has 0 unspecified atom stereocenters. The molecule has 3 aromatic rings. The first-order valence-electron chi connectivity index (χ1n) is 9.88. The van der Waals surface area contributed by atoms with Crippen LogP contribution >= 0.6 is 0 Å². The van der Waals surface area contributed by atoms with Gasteiger partial charge in [-0.1, -0.05) is 37.3 Å². The maximum absolute atomic E-state index is 6.00. The smallest absolute Gasteiger partial charge is 0.119 e. The van der Waals surface area contributed by atoms with Crippen molar-refractivity contribution < 1.29 is 4.74 Å². The van der Waals surface area contributed by atoms with E-state index in [1.54, 1.807) is 5.56 Å². The molecule has 3 heteroatoms. The average molecular weight is 348 g/mol. The Balaban J connectivity index is 1.48. The first-order valence-corrected chi connectivity index (χ1v) is 9.88. The largest absolute Gasteiger partial charge is 0.494 e. The third-order valence-corrected chi connectivity index (χ3v) is 5.39. The quantitative estimate of drug-likeness (QED) is 0.670. The van der Waals surface area contributed by atoms with Crippen LogP contribution in [0.15, 0.2) is 48.5 Å². The fourth-order valence-corrected chi connectivity index (χ4v) is 4.06. The number of hydrogen-bond donors (Lipinski definition) is 1. The van der Waals surface area contributed by atoms with E-state index in [4.69, 9.17) is 4.74 Å². The van der Waals surface area contributed by atoms with Crippen molar-refractivity contribution in [3.05, 3.63) is 65.4 Å². The van der Waals surface area contributed by atoms with Crippen LogP contribution in [0.1, 0.15) is 30.2 Å². The molecule has 0 saturated heterocycles. The Kier molecular flexibility index (Phi) is 5.26. The highest BCUT2D eigenvalue weighted by Crippen LogP contribution is 2.28. The van der Waals surface area contributed by atoms with Gasteiger partial charge in [-0.15, -0.1) is 0 Å². The summed E-state index contributed by atoms with van der Waals surface area (Å²) in [5, 5.41) is 4.97. The van der Waals surface area contributed by atoms with Crippen molar-refractivity contribution in [2.24, 2.45) is 0 Å². The van der Waals surface area contributed by atoms with Crippen molar-refractivity contribution in [1.82, 2.24) is 9.88 Å². The number of benzene rings is 2. The van der Waals surface area contributed by atoms with Crippen LogP contribution < -0.4 is 10.1 Å². The predicted molar refractivity (Wildman–Crippen MR) is 108 cm³/mol. The van der Waals surface area contributed by atoms with Gasteiger partial charge >= 0.3 is 0 Å². The number of aryl methyl sites for hydroxylation is 2. The second-order valence-corrected chi connectivity index (χ2v) is 7.05. The minimum atomic E-state index is 0.757. The van der Waals surface area contributed by atoms with E-state index in [1.807, 2.05) is 0 Å². The molecule has 0 amide bonds. The molecule has 0 atom stereocenters. The van der Waals surface area contributed by atoms with Crippen molar-refractivity contribution in [3.63, 3.8) is 0 Å². The minimum Gasteiger partial charge on any atom is -0.494 e. The van der Waals surface area contributed by atoms with E-state index in [0.29, 0.717) is 0 Å². The highest BCUT2D eigenvalue weighted by atomic mass is 16.5. The minimum absolute atomic E-state index is 0.757. The van der Waals surface area contributed by atoms with E-state index in [0.717, 1.165) is 57.7 Å². The molecule has 1 aromatic heterocycles. The first kappa shape index (κ1) is 17.2. The normalized spacial score (nSPS) is 14.2. The van der Waals surface area contributed by atoms with Crippen molar-refractivity contribution in [2.75, 3.05) is 19.7 Å². The lowest BCUT2D eigenvalue weighted by Crippen LogP contribution is -2.17. The summed E-state index contributed by atoms with van der Waals surface area (Å²) in [7, 11) is 0. The van der Waals surface area contributed by atoms with Crippen LogP contribution in [0, 0.1) is 0 Å². The summed E-state index contributed by atoms with van der Waals surface area (Å²) >= 11 is 0. The van der Waals surface area contributed by atoms with Gasteiger partial charge in [-0.05, 0) is 55.1 Å². The highest BCUT2D eigenvalue weighted by molar-refractivity contribution is 5.85. The van der Waals surface area contributed by atoms with E-state index in [2.05, 4.69) is 65.3 Å². The molecule has 0 fully saturated rings. The Morgan fingerprint density at radius 1 is 1.04 bits per heavy atom. The number of hydrogen-bond acceptors (Lipinski definition) is 2. The molecular formula is C23H28N2O. The number of fused-ring (bicyclic) bond motifs is 3.